The molecule has 25 heavy (non-hydrogen) atoms. The summed E-state index contributed by atoms with van der Waals surface area (Å²) in [5.41, 5.74) is 2.84. The smallest absolute Gasteiger partial charge is 0.325 e. The van der Waals surface area contributed by atoms with Crippen LogP contribution in [0.2, 0.25) is 0 Å². The van der Waals surface area contributed by atoms with Gasteiger partial charge in [-0.05, 0) is 19.1 Å². The van der Waals surface area contributed by atoms with Crippen molar-refractivity contribution >= 4 is 22.8 Å². The van der Waals surface area contributed by atoms with E-state index in [1.54, 1.807) is 13.0 Å². The SMILES string of the molecule is CCOC(=O)CNC(=O)c1cc(-c2ccccc2)nc2ccccc12. The van der Waals surface area contributed by atoms with Gasteiger partial charge in [0.2, 0.25) is 0 Å². The average Bonchev–Trinajstić information content (AvgIpc) is 2.66. The first-order valence-corrected chi connectivity index (χ1v) is 8.08. The molecule has 0 atom stereocenters. The minimum atomic E-state index is -0.461. The number of rotatable bonds is 5. The van der Waals surface area contributed by atoms with Crippen molar-refractivity contribution in [2.45, 2.75) is 6.92 Å². The topological polar surface area (TPSA) is 68.3 Å². The molecule has 1 amide bonds. The number of hydrogen-bond acceptors (Lipinski definition) is 4. The molecular formula is C20H18N2O3. The van der Waals surface area contributed by atoms with Gasteiger partial charge in [-0.15, -0.1) is 0 Å². The van der Waals surface area contributed by atoms with Crippen LogP contribution in [0.15, 0.2) is 60.7 Å². The molecule has 0 fully saturated rings. The van der Waals surface area contributed by atoms with Crippen molar-refractivity contribution in [3.63, 3.8) is 0 Å². The number of aromatic nitrogens is 1. The van der Waals surface area contributed by atoms with E-state index in [2.05, 4.69) is 10.3 Å². The van der Waals surface area contributed by atoms with Crippen LogP contribution < -0.4 is 5.32 Å². The second-order valence-electron chi connectivity index (χ2n) is 5.43. The number of benzene rings is 2. The number of amides is 1. The molecule has 0 radical (unpaired) electrons. The zero-order valence-electron chi connectivity index (χ0n) is 13.9. The first kappa shape index (κ1) is 16.6. The highest BCUT2D eigenvalue weighted by molar-refractivity contribution is 6.07. The minimum Gasteiger partial charge on any atom is -0.465 e. The van der Waals surface area contributed by atoms with E-state index in [-0.39, 0.29) is 19.1 Å². The molecule has 0 bridgehead atoms. The molecule has 126 valence electrons. The molecule has 0 saturated heterocycles. The van der Waals surface area contributed by atoms with Crippen LogP contribution in [-0.2, 0) is 9.53 Å². The summed E-state index contributed by atoms with van der Waals surface area (Å²) in [6.45, 7) is 1.84. The van der Waals surface area contributed by atoms with Gasteiger partial charge in [-0.1, -0.05) is 48.5 Å². The van der Waals surface area contributed by atoms with Crippen molar-refractivity contribution in [3.8, 4) is 11.3 Å². The van der Waals surface area contributed by atoms with Gasteiger partial charge in [0, 0.05) is 10.9 Å². The van der Waals surface area contributed by atoms with Crippen molar-refractivity contribution in [2.24, 2.45) is 0 Å². The number of nitrogens with one attached hydrogen (secondary N) is 1. The molecule has 3 aromatic rings. The fraction of sp³-hybridized carbons (Fsp3) is 0.150. The van der Waals surface area contributed by atoms with Gasteiger partial charge in [-0.3, -0.25) is 9.59 Å². The number of ether oxygens (including phenoxy) is 1. The van der Waals surface area contributed by atoms with Gasteiger partial charge in [0.15, 0.2) is 0 Å². The van der Waals surface area contributed by atoms with E-state index in [4.69, 9.17) is 4.74 Å². The quantitative estimate of drug-likeness (QED) is 0.728. The number of carbonyl (C=O) groups excluding carboxylic acids is 2. The average molecular weight is 334 g/mol. The number of esters is 1. The number of nitrogens with zero attached hydrogens (tertiary/aromatic N) is 1. The van der Waals surface area contributed by atoms with Gasteiger partial charge in [0.25, 0.3) is 5.91 Å². The Labute approximate surface area is 145 Å². The zero-order chi connectivity index (χ0) is 17.6. The number of pyridine rings is 1. The zero-order valence-corrected chi connectivity index (χ0v) is 13.9. The molecule has 0 saturated carbocycles. The first-order valence-electron chi connectivity index (χ1n) is 8.08. The summed E-state index contributed by atoms with van der Waals surface area (Å²) in [6, 6.07) is 18.9. The van der Waals surface area contributed by atoms with Crippen molar-refractivity contribution in [2.75, 3.05) is 13.2 Å². The largest absolute Gasteiger partial charge is 0.465 e. The Bertz CT molecular complexity index is 907. The minimum absolute atomic E-state index is 0.163. The van der Waals surface area contributed by atoms with E-state index in [0.29, 0.717) is 11.3 Å². The van der Waals surface area contributed by atoms with Gasteiger partial charge in [-0.2, -0.15) is 0 Å². The molecule has 0 aliphatic heterocycles. The van der Waals surface area contributed by atoms with Gasteiger partial charge >= 0.3 is 5.97 Å². The summed E-state index contributed by atoms with van der Waals surface area (Å²) in [5, 5.41) is 3.35. The number of carbonyl (C=O) groups is 2. The van der Waals surface area contributed by atoms with Crippen LogP contribution in [-0.4, -0.2) is 30.0 Å². The van der Waals surface area contributed by atoms with E-state index < -0.39 is 5.97 Å². The van der Waals surface area contributed by atoms with Gasteiger partial charge < -0.3 is 10.1 Å². The van der Waals surface area contributed by atoms with Crippen LogP contribution >= 0.6 is 0 Å². The van der Waals surface area contributed by atoms with E-state index in [1.165, 1.54) is 0 Å². The Morgan fingerprint density at radius 3 is 2.52 bits per heavy atom. The lowest BCUT2D eigenvalue weighted by Gasteiger charge is -2.10. The highest BCUT2D eigenvalue weighted by Gasteiger charge is 2.15. The van der Waals surface area contributed by atoms with E-state index in [9.17, 15) is 9.59 Å². The molecule has 5 heteroatoms. The predicted octanol–water partition coefficient (Wildman–Crippen LogP) is 3.19. The lowest BCUT2D eigenvalue weighted by atomic mass is 10.0. The molecule has 2 aromatic carbocycles. The summed E-state index contributed by atoms with van der Waals surface area (Å²) >= 11 is 0. The molecule has 0 aliphatic rings. The lowest BCUT2D eigenvalue weighted by molar-refractivity contribution is -0.141. The molecule has 0 aliphatic carbocycles. The van der Waals surface area contributed by atoms with Gasteiger partial charge in [0.05, 0.1) is 23.4 Å². The van der Waals surface area contributed by atoms with Crippen molar-refractivity contribution < 1.29 is 14.3 Å². The Hall–Kier alpha value is -3.21. The molecular weight excluding hydrogens is 316 g/mol. The standard InChI is InChI=1S/C20H18N2O3/c1-2-25-19(23)13-21-20(24)16-12-18(14-8-4-3-5-9-14)22-17-11-7-6-10-15(16)17/h3-12H,2,13H2,1H3,(H,21,24). The molecule has 1 N–H and O–H groups in total. The van der Waals surface area contributed by atoms with Crippen LogP contribution in [0.25, 0.3) is 22.2 Å². The summed E-state index contributed by atoms with van der Waals surface area (Å²) in [7, 11) is 0. The fourth-order valence-electron chi connectivity index (χ4n) is 2.58. The molecule has 1 heterocycles. The summed E-state index contributed by atoms with van der Waals surface area (Å²) < 4.78 is 4.84. The van der Waals surface area contributed by atoms with E-state index >= 15 is 0 Å². The third kappa shape index (κ3) is 3.83. The fourth-order valence-corrected chi connectivity index (χ4v) is 2.58. The normalized spacial score (nSPS) is 10.4. The van der Waals surface area contributed by atoms with Gasteiger partial charge in [0.1, 0.15) is 6.54 Å². The van der Waals surface area contributed by atoms with Crippen LogP contribution in [0, 0.1) is 0 Å². The van der Waals surface area contributed by atoms with Crippen molar-refractivity contribution in [1.82, 2.24) is 10.3 Å². The monoisotopic (exact) mass is 334 g/mol. The maximum Gasteiger partial charge on any atom is 0.325 e. The first-order chi connectivity index (χ1) is 12.2. The van der Waals surface area contributed by atoms with E-state index in [0.717, 1.165) is 16.5 Å². The van der Waals surface area contributed by atoms with Crippen molar-refractivity contribution in [1.29, 1.82) is 0 Å². The second-order valence-corrected chi connectivity index (χ2v) is 5.43. The lowest BCUT2D eigenvalue weighted by Crippen LogP contribution is -2.30. The maximum absolute atomic E-state index is 12.6. The highest BCUT2D eigenvalue weighted by atomic mass is 16.5. The Balaban J connectivity index is 1.98. The predicted molar refractivity (Wildman–Crippen MR) is 96.1 cm³/mol. The van der Waals surface area contributed by atoms with Crippen molar-refractivity contribution in [3.05, 3.63) is 66.2 Å². The van der Waals surface area contributed by atoms with Crippen LogP contribution in [0.1, 0.15) is 17.3 Å². The second kappa shape index (κ2) is 7.57. The molecule has 3 rings (SSSR count). The molecule has 1 aromatic heterocycles. The van der Waals surface area contributed by atoms with Gasteiger partial charge in [-0.25, -0.2) is 4.98 Å². The van der Waals surface area contributed by atoms with Crippen LogP contribution in [0.4, 0.5) is 0 Å². The Kier molecular flexibility index (Phi) is 5.04. The maximum atomic E-state index is 12.6. The summed E-state index contributed by atoms with van der Waals surface area (Å²) in [6.07, 6.45) is 0. The van der Waals surface area contributed by atoms with Crippen LogP contribution in [0.3, 0.4) is 0 Å². The third-order valence-corrected chi connectivity index (χ3v) is 3.73. The molecule has 5 nitrogen and oxygen atoms in total. The highest BCUT2D eigenvalue weighted by Crippen LogP contribution is 2.24. The third-order valence-electron chi connectivity index (χ3n) is 3.73. The Morgan fingerprint density at radius 1 is 1.04 bits per heavy atom. The molecule has 0 spiro atoms. The Morgan fingerprint density at radius 2 is 1.76 bits per heavy atom. The van der Waals surface area contributed by atoms with E-state index in [1.807, 2.05) is 54.6 Å². The number of para-hydroxylation sites is 1. The van der Waals surface area contributed by atoms with Crippen LogP contribution in [0.5, 0.6) is 0 Å². The molecule has 0 unspecified atom stereocenters. The number of fused-ring (bicyclic) bond motifs is 1. The number of hydrogen-bond donors (Lipinski definition) is 1. The summed E-state index contributed by atoms with van der Waals surface area (Å²) in [4.78, 5) is 28.7. The summed E-state index contributed by atoms with van der Waals surface area (Å²) in [5.74, 6) is -0.790.